The maximum Gasteiger partial charge on any atom is 0.255 e. The fourth-order valence-corrected chi connectivity index (χ4v) is 5.17. The molecule has 0 saturated carbocycles. The first-order valence-electron chi connectivity index (χ1n) is 10.2. The van der Waals surface area contributed by atoms with Crippen LogP contribution in [0.25, 0.3) is 0 Å². The Bertz CT molecular complexity index is 1190. The van der Waals surface area contributed by atoms with Gasteiger partial charge in [-0.2, -0.15) is 0 Å². The summed E-state index contributed by atoms with van der Waals surface area (Å²) < 4.78 is 0.807. The number of Topliss-reactive ketones (excluding diaryl/α,β-unsaturated/α-hetero) is 1. The Labute approximate surface area is 205 Å². The van der Waals surface area contributed by atoms with Crippen LogP contribution < -0.4 is 10.6 Å². The molecule has 2 aromatic rings. The molecule has 2 heterocycles. The van der Waals surface area contributed by atoms with E-state index in [2.05, 4.69) is 45.4 Å². The van der Waals surface area contributed by atoms with Crippen LogP contribution in [-0.4, -0.2) is 16.7 Å². The Hall–Kier alpha value is -2.15. The SMILES string of the molecule is CC1=C(C(=O)Nc2ccc(Br)cn2)C(c2ccc(Cl)cc2Cl)C2=C(CC(C)(C)CC2=O)N1. The van der Waals surface area contributed by atoms with Gasteiger partial charge in [-0.1, -0.05) is 43.1 Å². The van der Waals surface area contributed by atoms with Crippen molar-refractivity contribution in [2.45, 2.75) is 39.5 Å². The standard InChI is InChI=1S/C24H22BrCl2N3O2/c1-12-20(23(32)30-19-7-4-13(25)11-28-19)21(15-6-5-14(26)8-16(15)27)22-17(29-12)9-24(2,3)10-18(22)31/h4-8,11,21,29H,9-10H2,1-3H3,(H,28,30,32). The van der Waals surface area contributed by atoms with Crippen LogP contribution >= 0.6 is 39.1 Å². The molecule has 0 saturated heterocycles. The molecular formula is C24H22BrCl2N3O2. The molecule has 1 aromatic heterocycles. The number of nitrogens with zero attached hydrogens (tertiary/aromatic N) is 1. The van der Waals surface area contributed by atoms with E-state index in [9.17, 15) is 9.59 Å². The Balaban J connectivity index is 1.83. The monoisotopic (exact) mass is 533 g/mol. The fourth-order valence-electron chi connectivity index (χ4n) is 4.42. The summed E-state index contributed by atoms with van der Waals surface area (Å²) in [4.78, 5) is 31.0. The number of rotatable bonds is 3. The summed E-state index contributed by atoms with van der Waals surface area (Å²) in [5, 5.41) is 7.10. The maximum absolute atomic E-state index is 13.5. The zero-order valence-electron chi connectivity index (χ0n) is 17.9. The molecule has 1 aromatic carbocycles. The highest BCUT2D eigenvalue weighted by Crippen LogP contribution is 2.48. The molecular weight excluding hydrogens is 513 g/mol. The van der Waals surface area contributed by atoms with Crippen molar-refractivity contribution in [3.05, 3.63) is 79.2 Å². The second-order valence-electron chi connectivity index (χ2n) is 8.91. The van der Waals surface area contributed by atoms with E-state index in [4.69, 9.17) is 23.2 Å². The second kappa shape index (κ2) is 8.65. The number of aromatic nitrogens is 1. The predicted octanol–water partition coefficient (Wildman–Crippen LogP) is 6.39. The second-order valence-corrected chi connectivity index (χ2v) is 10.7. The Morgan fingerprint density at radius 2 is 1.97 bits per heavy atom. The molecule has 32 heavy (non-hydrogen) atoms. The van der Waals surface area contributed by atoms with Crippen molar-refractivity contribution in [1.82, 2.24) is 10.3 Å². The molecule has 0 bridgehead atoms. The van der Waals surface area contributed by atoms with Crippen molar-refractivity contribution in [1.29, 1.82) is 0 Å². The number of carbonyl (C=O) groups is 2. The van der Waals surface area contributed by atoms with E-state index in [1.165, 1.54) is 0 Å². The smallest absolute Gasteiger partial charge is 0.255 e. The van der Waals surface area contributed by atoms with Gasteiger partial charge < -0.3 is 10.6 Å². The van der Waals surface area contributed by atoms with Gasteiger partial charge in [-0.05, 0) is 64.5 Å². The van der Waals surface area contributed by atoms with Gasteiger partial charge >= 0.3 is 0 Å². The van der Waals surface area contributed by atoms with Crippen LogP contribution in [0, 0.1) is 5.41 Å². The number of pyridine rings is 1. The molecule has 1 amide bonds. The molecule has 0 fully saturated rings. The number of carbonyl (C=O) groups excluding carboxylic acids is 2. The lowest BCUT2D eigenvalue weighted by atomic mass is 9.68. The van der Waals surface area contributed by atoms with Crippen LogP contribution in [0.2, 0.25) is 10.0 Å². The van der Waals surface area contributed by atoms with Crippen LogP contribution in [0.5, 0.6) is 0 Å². The quantitative estimate of drug-likeness (QED) is 0.478. The van der Waals surface area contributed by atoms with Crippen molar-refractivity contribution in [3.8, 4) is 0 Å². The van der Waals surface area contributed by atoms with Gasteiger partial charge in [-0.25, -0.2) is 4.98 Å². The average Bonchev–Trinajstić information content (AvgIpc) is 2.67. The van der Waals surface area contributed by atoms with Crippen LogP contribution in [-0.2, 0) is 9.59 Å². The number of hydrogen-bond acceptors (Lipinski definition) is 4. The molecule has 1 unspecified atom stereocenters. The highest BCUT2D eigenvalue weighted by Gasteiger charge is 2.43. The van der Waals surface area contributed by atoms with E-state index in [0.717, 1.165) is 10.2 Å². The zero-order chi connectivity index (χ0) is 23.2. The van der Waals surface area contributed by atoms with E-state index >= 15 is 0 Å². The topological polar surface area (TPSA) is 71.1 Å². The molecule has 2 N–H and O–H groups in total. The van der Waals surface area contributed by atoms with Gasteiger partial charge in [0.2, 0.25) is 0 Å². The minimum absolute atomic E-state index is 0.0133. The summed E-state index contributed by atoms with van der Waals surface area (Å²) in [6.45, 7) is 5.98. The Morgan fingerprint density at radius 3 is 2.62 bits per heavy atom. The number of hydrogen-bond donors (Lipinski definition) is 2. The highest BCUT2D eigenvalue weighted by molar-refractivity contribution is 9.10. The van der Waals surface area contributed by atoms with Crippen molar-refractivity contribution in [3.63, 3.8) is 0 Å². The molecule has 5 nitrogen and oxygen atoms in total. The van der Waals surface area contributed by atoms with Gasteiger partial charge in [0.05, 0.1) is 0 Å². The molecule has 1 aliphatic heterocycles. The first-order chi connectivity index (χ1) is 15.1. The summed E-state index contributed by atoms with van der Waals surface area (Å²) >= 11 is 16.1. The van der Waals surface area contributed by atoms with Crippen LogP contribution in [0.15, 0.2) is 63.5 Å². The van der Waals surface area contributed by atoms with Crippen LogP contribution in [0.3, 0.4) is 0 Å². The van der Waals surface area contributed by atoms with E-state index in [1.54, 1.807) is 36.5 Å². The normalized spacial score (nSPS) is 20.1. The van der Waals surface area contributed by atoms with Crippen molar-refractivity contribution in [2.24, 2.45) is 5.41 Å². The predicted molar refractivity (Wildman–Crippen MR) is 131 cm³/mol. The van der Waals surface area contributed by atoms with Gasteiger partial charge in [0.25, 0.3) is 5.91 Å². The Morgan fingerprint density at radius 1 is 1.22 bits per heavy atom. The van der Waals surface area contributed by atoms with E-state index in [-0.39, 0.29) is 17.1 Å². The minimum Gasteiger partial charge on any atom is -0.362 e. The average molecular weight is 535 g/mol. The van der Waals surface area contributed by atoms with Crippen LogP contribution in [0.1, 0.15) is 45.1 Å². The summed E-state index contributed by atoms with van der Waals surface area (Å²) in [6, 6.07) is 8.65. The molecule has 0 radical (unpaired) electrons. The molecule has 8 heteroatoms. The summed E-state index contributed by atoms with van der Waals surface area (Å²) in [6.07, 6.45) is 2.71. The highest BCUT2D eigenvalue weighted by atomic mass is 79.9. The van der Waals surface area contributed by atoms with Crippen molar-refractivity contribution >= 4 is 56.6 Å². The molecule has 166 valence electrons. The van der Waals surface area contributed by atoms with Crippen LogP contribution in [0.4, 0.5) is 5.82 Å². The lowest BCUT2D eigenvalue weighted by molar-refractivity contribution is -0.118. The fraction of sp³-hybridized carbons (Fsp3) is 0.292. The number of allylic oxidation sites excluding steroid dienone is 3. The third-order valence-corrected chi connectivity index (χ3v) is 6.76. The maximum atomic E-state index is 13.5. The van der Waals surface area contributed by atoms with Crippen molar-refractivity contribution < 1.29 is 9.59 Å². The third kappa shape index (κ3) is 4.49. The van der Waals surface area contributed by atoms with Gasteiger partial charge in [-0.3, -0.25) is 9.59 Å². The van der Waals surface area contributed by atoms with E-state index in [0.29, 0.717) is 51.1 Å². The molecule has 0 spiro atoms. The lowest BCUT2D eigenvalue weighted by Gasteiger charge is -2.39. The molecule has 1 aliphatic carbocycles. The molecule has 4 rings (SSSR count). The van der Waals surface area contributed by atoms with Gasteiger partial charge in [-0.15, -0.1) is 0 Å². The number of halogens is 3. The number of nitrogens with one attached hydrogen (secondary N) is 2. The Kier molecular flexibility index (Phi) is 6.23. The number of anilines is 1. The number of dihydropyridines is 1. The van der Waals surface area contributed by atoms with E-state index in [1.807, 2.05) is 6.92 Å². The minimum atomic E-state index is -0.602. The summed E-state index contributed by atoms with van der Waals surface area (Å²) in [5.41, 5.74) is 3.06. The molecule has 2 aliphatic rings. The van der Waals surface area contributed by atoms with Crippen molar-refractivity contribution in [2.75, 3.05) is 5.32 Å². The first-order valence-corrected chi connectivity index (χ1v) is 11.7. The summed E-state index contributed by atoms with van der Waals surface area (Å²) in [7, 11) is 0. The van der Waals surface area contributed by atoms with Gasteiger partial charge in [0, 0.05) is 55.6 Å². The summed E-state index contributed by atoms with van der Waals surface area (Å²) in [5.74, 6) is -0.519. The van der Waals surface area contributed by atoms with Gasteiger partial charge in [0.1, 0.15) is 5.82 Å². The third-order valence-electron chi connectivity index (χ3n) is 5.73. The lowest BCUT2D eigenvalue weighted by Crippen LogP contribution is -2.39. The molecule has 1 atom stereocenters. The number of amides is 1. The first kappa shape index (κ1) is 23.0. The van der Waals surface area contributed by atoms with Gasteiger partial charge in [0.15, 0.2) is 5.78 Å². The zero-order valence-corrected chi connectivity index (χ0v) is 21.0. The van der Waals surface area contributed by atoms with E-state index < -0.39 is 5.92 Å². The largest absolute Gasteiger partial charge is 0.362 e. The number of benzene rings is 1. The number of ketones is 1.